The van der Waals surface area contributed by atoms with Gasteiger partial charge in [-0.05, 0) is 46.6 Å². The summed E-state index contributed by atoms with van der Waals surface area (Å²) in [5.41, 5.74) is -1.95. The number of allylic oxidation sites excluding steroid dienone is 1. The SMILES string of the molecule is CC=C(C)C(=O)OC1C2=CC(=O)C(C)(OC(C)=O)C(=O)C2=COC12OC(C)CCC2OC(C)=O. The molecule has 0 radical (unpaired) electrons. The minimum absolute atomic E-state index is 0.00869. The van der Waals surface area contributed by atoms with Gasteiger partial charge in [-0.25, -0.2) is 4.79 Å². The number of hydrogen-bond donors (Lipinski definition) is 0. The Morgan fingerprint density at radius 1 is 1.09 bits per heavy atom. The van der Waals surface area contributed by atoms with Gasteiger partial charge in [-0.3, -0.25) is 19.2 Å². The fourth-order valence-corrected chi connectivity index (χ4v) is 4.18. The zero-order valence-electron chi connectivity index (χ0n) is 20.0. The van der Waals surface area contributed by atoms with Crippen molar-refractivity contribution in [3.63, 3.8) is 0 Å². The summed E-state index contributed by atoms with van der Waals surface area (Å²) >= 11 is 0. The Bertz CT molecular complexity index is 1030. The van der Waals surface area contributed by atoms with Gasteiger partial charge in [-0.15, -0.1) is 0 Å². The minimum atomic E-state index is -2.10. The van der Waals surface area contributed by atoms with Crippen molar-refractivity contribution in [2.45, 2.75) is 84.1 Å². The van der Waals surface area contributed by atoms with E-state index in [1.54, 1.807) is 13.8 Å². The molecule has 1 saturated heterocycles. The van der Waals surface area contributed by atoms with E-state index < -0.39 is 53.1 Å². The Morgan fingerprint density at radius 2 is 1.76 bits per heavy atom. The van der Waals surface area contributed by atoms with Crippen LogP contribution in [0.3, 0.4) is 0 Å². The molecule has 1 aliphatic carbocycles. The van der Waals surface area contributed by atoms with E-state index in [1.165, 1.54) is 26.8 Å². The Kier molecular flexibility index (Phi) is 6.84. The summed E-state index contributed by atoms with van der Waals surface area (Å²) in [7, 11) is 0. The highest BCUT2D eigenvalue weighted by atomic mass is 16.7. The summed E-state index contributed by atoms with van der Waals surface area (Å²) < 4.78 is 28.3. The number of hydrogen-bond acceptors (Lipinski definition) is 10. The molecule has 10 heteroatoms. The van der Waals surface area contributed by atoms with E-state index in [0.717, 1.165) is 19.3 Å². The smallest absolute Gasteiger partial charge is 0.334 e. The molecule has 5 atom stereocenters. The number of ether oxygens (including phenoxy) is 5. The predicted molar refractivity (Wildman–Crippen MR) is 115 cm³/mol. The molecule has 184 valence electrons. The highest BCUT2D eigenvalue weighted by Gasteiger charge is 2.63. The molecular formula is C24H28O10. The van der Waals surface area contributed by atoms with Crippen LogP contribution in [0.25, 0.3) is 0 Å². The van der Waals surface area contributed by atoms with Crippen LogP contribution in [0.2, 0.25) is 0 Å². The van der Waals surface area contributed by atoms with E-state index in [1.807, 2.05) is 0 Å². The Hall–Kier alpha value is -3.27. The molecule has 10 nitrogen and oxygen atoms in total. The van der Waals surface area contributed by atoms with Crippen LogP contribution in [0.4, 0.5) is 0 Å². The lowest BCUT2D eigenvalue weighted by molar-refractivity contribution is -0.333. The standard InChI is InChI=1S/C24H28O10/c1-7-12(2)22(29)32-21-16-10-18(27)23(6,34-15(5)26)20(28)17(16)11-30-24(21)19(31-14(4)25)9-8-13(3)33-24/h7,10-11,13,19,21H,8-9H2,1-6H3. The molecule has 0 aromatic carbocycles. The lowest BCUT2D eigenvalue weighted by Crippen LogP contribution is -2.65. The Morgan fingerprint density at radius 3 is 2.35 bits per heavy atom. The molecule has 5 unspecified atom stereocenters. The number of esters is 3. The first-order valence-electron chi connectivity index (χ1n) is 10.9. The van der Waals surface area contributed by atoms with Crippen LogP contribution in [0.5, 0.6) is 0 Å². The van der Waals surface area contributed by atoms with E-state index >= 15 is 0 Å². The third kappa shape index (κ3) is 4.29. The van der Waals surface area contributed by atoms with Gasteiger partial charge in [0, 0.05) is 25.0 Å². The Balaban J connectivity index is 2.18. The van der Waals surface area contributed by atoms with Crippen molar-refractivity contribution in [2.75, 3.05) is 0 Å². The molecule has 0 bridgehead atoms. The zero-order chi connectivity index (χ0) is 25.4. The van der Waals surface area contributed by atoms with Crippen molar-refractivity contribution in [3.05, 3.63) is 35.1 Å². The number of fused-ring (bicyclic) bond motifs is 1. The zero-order valence-corrected chi connectivity index (χ0v) is 20.0. The monoisotopic (exact) mass is 476 g/mol. The molecule has 0 saturated carbocycles. The van der Waals surface area contributed by atoms with Crippen molar-refractivity contribution in [1.82, 2.24) is 0 Å². The average Bonchev–Trinajstić information content (AvgIpc) is 2.75. The molecule has 2 heterocycles. The van der Waals surface area contributed by atoms with E-state index in [4.69, 9.17) is 23.7 Å². The summed E-state index contributed by atoms with van der Waals surface area (Å²) in [5, 5.41) is 0. The normalized spacial score (nSPS) is 33.2. The highest BCUT2D eigenvalue weighted by Crippen LogP contribution is 2.46. The second kappa shape index (κ2) is 9.17. The molecule has 1 fully saturated rings. The number of rotatable bonds is 4. The third-order valence-corrected chi connectivity index (χ3v) is 6.06. The average molecular weight is 476 g/mol. The molecule has 0 aromatic heterocycles. The van der Waals surface area contributed by atoms with E-state index in [2.05, 4.69) is 0 Å². The largest absolute Gasteiger partial charge is 0.461 e. The number of ketones is 2. The first-order valence-corrected chi connectivity index (χ1v) is 10.9. The van der Waals surface area contributed by atoms with Crippen molar-refractivity contribution < 1.29 is 47.7 Å². The summed E-state index contributed by atoms with van der Waals surface area (Å²) in [5.74, 6) is -5.65. The molecule has 0 N–H and O–H groups in total. The molecule has 3 rings (SSSR count). The van der Waals surface area contributed by atoms with Gasteiger partial charge < -0.3 is 23.7 Å². The van der Waals surface area contributed by atoms with E-state index in [-0.39, 0.29) is 22.8 Å². The quantitative estimate of drug-likeness (QED) is 0.257. The topological polar surface area (TPSA) is 132 Å². The summed E-state index contributed by atoms with van der Waals surface area (Å²) in [6, 6.07) is 0. The van der Waals surface area contributed by atoms with E-state index in [0.29, 0.717) is 12.8 Å². The molecule has 0 aromatic rings. The lowest BCUT2D eigenvalue weighted by Gasteiger charge is -2.50. The number of Topliss-reactive ketones (excluding diaryl/α,β-unsaturated/α-hetero) is 1. The van der Waals surface area contributed by atoms with Gasteiger partial charge in [-0.2, -0.15) is 0 Å². The van der Waals surface area contributed by atoms with Gasteiger partial charge >= 0.3 is 17.9 Å². The lowest BCUT2D eigenvalue weighted by atomic mass is 9.75. The van der Waals surface area contributed by atoms with Gasteiger partial charge in [-0.1, -0.05) is 6.08 Å². The summed E-state index contributed by atoms with van der Waals surface area (Å²) in [6.07, 6.45) is 1.71. The van der Waals surface area contributed by atoms with Crippen molar-refractivity contribution in [2.24, 2.45) is 0 Å². The van der Waals surface area contributed by atoms with Crippen LogP contribution in [0.15, 0.2) is 35.1 Å². The van der Waals surface area contributed by atoms with Gasteiger partial charge in [0.05, 0.1) is 17.9 Å². The van der Waals surface area contributed by atoms with Gasteiger partial charge in [0.2, 0.25) is 17.2 Å². The molecule has 34 heavy (non-hydrogen) atoms. The van der Waals surface area contributed by atoms with Crippen LogP contribution in [-0.4, -0.2) is 59.2 Å². The molecular weight excluding hydrogens is 448 g/mol. The highest BCUT2D eigenvalue weighted by molar-refractivity contribution is 6.26. The van der Waals surface area contributed by atoms with Gasteiger partial charge in [0.15, 0.2) is 12.2 Å². The molecule has 3 aliphatic rings. The fraction of sp³-hybridized carbons (Fsp3) is 0.542. The fourth-order valence-electron chi connectivity index (χ4n) is 4.18. The minimum Gasteiger partial charge on any atom is -0.461 e. The molecule has 2 aliphatic heterocycles. The van der Waals surface area contributed by atoms with Crippen LogP contribution < -0.4 is 0 Å². The van der Waals surface area contributed by atoms with Crippen LogP contribution in [0.1, 0.15) is 54.4 Å². The van der Waals surface area contributed by atoms with Crippen LogP contribution >= 0.6 is 0 Å². The van der Waals surface area contributed by atoms with Crippen LogP contribution in [-0.2, 0) is 47.7 Å². The summed E-state index contributed by atoms with van der Waals surface area (Å²) in [6.45, 7) is 8.44. The van der Waals surface area contributed by atoms with Crippen molar-refractivity contribution in [1.29, 1.82) is 0 Å². The maximum Gasteiger partial charge on any atom is 0.334 e. The van der Waals surface area contributed by atoms with Crippen molar-refractivity contribution in [3.8, 4) is 0 Å². The number of carbonyl (C=O) groups excluding carboxylic acids is 5. The Labute approximate surface area is 196 Å². The maximum absolute atomic E-state index is 13.3. The predicted octanol–water partition coefficient (Wildman–Crippen LogP) is 2.01. The second-order valence-corrected chi connectivity index (χ2v) is 8.65. The first-order chi connectivity index (χ1) is 15.9. The summed E-state index contributed by atoms with van der Waals surface area (Å²) in [4.78, 5) is 62.5. The van der Waals surface area contributed by atoms with E-state index in [9.17, 15) is 24.0 Å². The van der Waals surface area contributed by atoms with Gasteiger partial charge in [0.1, 0.15) is 0 Å². The molecule has 0 amide bonds. The van der Waals surface area contributed by atoms with Crippen LogP contribution in [0, 0.1) is 0 Å². The number of carbonyl (C=O) groups is 5. The van der Waals surface area contributed by atoms with Crippen molar-refractivity contribution >= 4 is 29.5 Å². The maximum atomic E-state index is 13.3. The first kappa shape index (κ1) is 25.4. The third-order valence-electron chi connectivity index (χ3n) is 6.06. The van der Waals surface area contributed by atoms with Gasteiger partial charge in [0.25, 0.3) is 5.79 Å². The molecule has 1 spiro atoms. The second-order valence-electron chi connectivity index (χ2n) is 8.65.